The van der Waals surface area contributed by atoms with Gasteiger partial charge in [-0.05, 0) is 105 Å². The third-order valence-corrected chi connectivity index (χ3v) is 10.6. The van der Waals surface area contributed by atoms with E-state index in [2.05, 4.69) is 36.7 Å². The van der Waals surface area contributed by atoms with Crippen molar-refractivity contribution in [2.75, 3.05) is 13.3 Å². The van der Waals surface area contributed by atoms with E-state index in [1.807, 2.05) is 19.1 Å². The molecule has 0 fully saturated rings. The first-order chi connectivity index (χ1) is 21.7. The summed E-state index contributed by atoms with van der Waals surface area (Å²) in [5.74, 6) is -0.748. The number of allylic oxidation sites excluding steroid dienone is 3. The summed E-state index contributed by atoms with van der Waals surface area (Å²) in [4.78, 5) is 25.2. The van der Waals surface area contributed by atoms with Gasteiger partial charge in [0.2, 0.25) is 0 Å². The van der Waals surface area contributed by atoms with E-state index in [4.69, 9.17) is 18.5 Å². The van der Waals surface area contributed by atoms with Crippen molar-refractivity contribution in [3.05, 3.63) is 47.1 Å². The maximum absolute atomic E-state index is 14.0. The van der Waals surface area contributed by atoms with Gasteiger partial charge in [0, 0.05) is 24.8 Å². The Hall–Kier alpha value is -2.38. The number of hydrogen-bond acceptors (Lipinski definition) is 8. The Morgan fingerprint density at radius 1 is 0.894 bits per heavy atom. The average molecular weight is 697 g/mol. The summed E-state index contributed by atoms with van der Waals surface area (Å²) in [6, 6.07) is 1.95. The number of unbranched alkanes of at least 4 members (excludes halogenated alkanes) is 2. The molecule has 1 aromatic rings. The van der Waals surface area contributed by atoms with Crippen LogP contribution in [0.3, 0.4) is 0 Å². The van der Waals surface area contributed by atoms with E-state index in [1.54, 1.807) is 41.5 Å². The topological polar surface area (TPSA) is 129 Å². The first-order valence-corrected chi connectivity index (χ1v) is 20.9. The SMILES string of the molecule is C=C(C)C1CCC(C)=CC1c1c(OP(C)(=O)N[C@@H](C)C(=O)OC(C)C)cc(CCCCC)cc1OP(C)(=O)N[C@@H](C)C(=O)OC(C)C. The minimum atomic E-state index is -3.67. The number of esters is 2. The van der Waals surface area contributed by atoms with Gasteiger partial charge in [-0.3, -0.25) is 18.7 Å². The second-order valence-corrected chi connectivity index (χ2v) is 17.8. The third kappa shape index (κ3) is 13.2. The molecule has 0 bridgehead atoms. The highest BCUT2D eigenvalue weighted by atomic mass is 31.2. The van der Waals surface area contributed by atoms with Crippen LogP contribution in [0.25, 0.3) is 0 Å². The van der Waals surface area contributed by atoms with Crippen molar-refractivity contribution in [2.45, 2.75) is 131 Å². The lowest BCUT2D eigenvalue weighted by molar-refractivity contribution is -0.149. The highest BCUT2D eigenvalue weighted by molar-refractivity contribution is 7.56. The monoisotopic (exact) mass is 696 g/mol. The smallest absolute Gasteiger partial charge is 0.323 e. The Labute approximate surface area is 282 Å². The van der Waals surface area contributed by atoms with Crippen molar-refractivity contribution in [1.29, 1.82) is 0 Å². The van der Waals surface area contributed by atoms with Crippen LogP contribution in [0.15, 0.2) is 35.9 Å². The molecule has 1 aliphatic rings. The van der Waals surface area contributed by atoms with Gasteiger partial charge in [-0.15, -0.1) is 0 Å². The highest BCUT2D eigenvalue weighted by Gasteiger charge is 2.36. The largest absolute Gasteiger partial charge is 0.462 e. The molecule has 4 unspecified atom stereocenters. The van der Waals surface area contributed by atoms with Gasteiger partial charge in [-0.2, -0.15) is 0 Å². The Balaban J connectivity index is 2.74. The second-order valence-electron chi connectivity index (χ2n) is 13.5. The molecule has 47 heavy (non-hydrogen) atoms. The van der Waals surface area contributed by atoms with Gasteiger partial charge in [0.05, 0.1) is 12.2 Å². The van der Waals surface area contributed by atoms with Crippen LogP contribution in [-0.4, -0.2) is 49.6 Å². The molecule has 0 spiro atoms. The molecule has 10 nitrogen and oxygen atoms in total. The fourth-order valence-electron chi connectivity index (χ4n) is 5.67. The molecule has 266 valence electrons. The maximum atomic E-state index is 14.0. The molecule has 0 aliphatic heterocycles. The fourth-order valence-corrected chi connectivity index (χ4v) is 8.45. The van der Waals surface area contributed by atoms with Gasteiger partial charge < -0.3 is 18.5 Å². The number of benzene rings is 1. The van der Waals surface area contributed by atoms with Gasteiger partial charge in [0.25, 0.3) is 0 Å². The number of carbonyl (C=O) groups is 2. The Bertz CT molecular complexity index is 1320. The summed E-state index contributed by atoms with van der Waals surface area (Å²) in [5.41, 5.74) is 3.57. The summed E-state index contributed by atoms with van der Waals surface area (Å²) < 4.78 is 51.4. The molecule has 0 saturated carbocycles. The van der Waals surface area contributed by atoms with Crippen molar-refractivity contribution < 1.29 is 37.2 Å². The van der Waals surface area contributed by atoms with Crippen LogP contribution in [0.4, 0.5) is 0 Å². The molecule has 0 amide bonds. The molecule has 0 radical (unpaired) electrons. The van der Waals surface area contributed by atoms with Crippen molar-refractivity contribution in [1.82, 2.24) is 10.2 Å². The lowest BCUT2D eigenvalue weighted by Gasteiger charge is -2.34. The third-order valence-electron chi connectivity index (χ3n) is 7.76. The van der Waals surface area contributed by atoms with Crippen LogP contribution < -0.4 is 19.2 Å². The lowest BCUT2D eigenvalue weighted by atomic mass is 9.73. The molecule has 12 heteroatoms. The number of nitrogens with one attached hydrogen (secondary N) is 2. The van der Waals surface area contributed by atoms with Gasteiger partial charge in [0.15, 0.2) is 0 Å². The molecular formula is C35H58N2O8P2. The van der Waals surface area contributed by atoms with Crippen LogP contribution in [0, 0.1) is 5.92 Å². The van der Waals surface area contributed by atoms with Gasteiger partial charge in [0.1, 0.15) is 23.6 Å². The van der Waals surface area contributed by atoms with Gasteiger partial charge in [-0.25, -0.2) is 10.2 Å². The molecule has 1 aliphatic carbocycles. The highest BCUT2D eigenvalue weighted by Crippen LogP contribution is 2.53. The predicted octanol–water partition coefficient (Wildman–Crippen LogP) is 8.70. The van der Waals surface area contributed by atoms with Gasteiger partial charge in [-0.1, -0.05) is 43.6 Å². The standard InChI is InChI=1S/C35H58N2O8P2/c1-13-14-15-16-28-20-31(44-46(11,40)36-26(9)34(38)42-23(4)5)33(30-19-25(8)17-18-29(30)22(2)3)32(21-28)45-47(12,41)37-27(10)35(39)43-24(6)7/h19-21,23-24,26-27,29-30H,2,13-18H2,1,3-12H3,(H,36,40)(H,37,41)/t26-,27-,29?,30?,46?,47?/m0/s1. The van der Waals surface area contributed by atoms with Crippen LogP contribution >= 0.6 is 15.0 Å². The molecular weight excluding hydrogens is 638 g/mol. The molecule has 2 N–H and O–H groups in total. The van der Waals surface area contributed by atoms with Gasteiger partial charge >= 0.3 is 27.0 Å². The fraction of sp³-hybridized carbons (Fsp3) is 0.657. The molecule has 1 aromatic carbocycles. The minimum Gasteiger partial charge on any atom is -0.462 e. The number of aryl methyl sites for hydroxylation is 1. The summed E-state index contributed by atoms with van der Waals surface area (Å²) in [5, 5.41) is 5.69. The first kappa shape index (κ1) is 40.8. The number of ether oxygens (including phenoxy) is 2. The number of hydrogen-bond donors (Lipinski definition) is 2. The maximum Gasteiger partial charge on any atom is 0.323 e. The minimum absolute atomic E-state index is 0.00243. The molecule has 0 saturated heterocycles. The van der Waals surface area contributed by atoms with Crippen molar-refractivity contribution >= 4 is 27.0 Å². The zero-order valence-corrected chi connectivity index (χ0v) is 32.1. The lowest BCUT2D eigenvalue weighted by Crippen LogP contribution is -2.35. The van der Waals surface area contributed by atoms with E-state index in [-0.39, 0.29) is 24.0 Å². The molecule has 2 rings (SSSR count). The molecule has 6 atom stereocenters. The van der Waals surface area contributed by atoms with Crippen LogP contribution in [-0.2, 0) is 34.6 Å². The normalized spacial score (nSPS) is 20.4. The zero-order valence-electron chi connectivity index (χ0n) is 30.3. The van der Waals surface area contributed by atoms with Crippen molar-refractivity contribution in [3.63, 3.8) is 0 Å². The summed E-state index contributed by atoms with van der Waals surface area (Å²) in [6.07, 6.45) is 6.81. The van der Waals surface area contributed by atoms with E-state index in [9.17, 15) is 18.7 Å². The quantitative estimate of drug-likeness (QED) is 0.0666. The summed E-state index contributed by atoms with van der Waals surface area (Å²) in [7, 11) is -7.34. The average Bonchev–Trinajstić information content (AvgIpc) is 2.91. The summed E-state index contributed by atoms with van der Waals surface area (Å²) in [6.45, 7) is 23.4. The Kier molecular flexibility index (Phi) is 15.5. The second kappa shape index (κ2) is 17.9. The first-order valence-electron chi connectivity index (χ1n) is 16.8. The van der Waals surface area contributed by atoms with E-state index in [0.717, 1.165) is 43.2 Å². The summed E-state index contributed by atoms with van der Waals surface area (Å²) >= 11 is 0. The van der Waals surface area contributed by atoms with E-state index in [0.29, 0.717) is 23.5 Å². The molecule has 0 aromatic heterocycles. The van der Waals surface area contributed by atoms with E-state index in [1.165, 1.54) is 18.9 Å². The molecule has 0 heterocycles. The van der Waals surface area contributed by atoms with Crippen LogP contribution in [0.1, 0.15) is 111 Å². The van der Waals surface area contributed by atoms with Crippen molar-refractivity contribution in [3.8, 4) is 11.5 Å². The van der Waals surface area contributed by atoms with Crippen LogP contribution in [0.5, 0.6) is 11.5 Å². The number of rotatable bonds is 18. The zero-order chi connectivity index (χ0) is 35.7. The van der Waals surface area contributed by atoms with E-state index >= 15 is 0 Å². The Morgan fingerprint density at radius 2 is 1.36 bits per heavy atom. The van der Waals surface area contributed by atoms with Crippen LogP contribution in [0.2, 0.25) is 0 Å². The van der Waals surface area contributed by atoms with E-state index < -0.39 is 39.1 Å². The van der Waals surface area contributed by atoms with Crippen molar-refractivity contribution in [2.24, 2.45) is 5.92 Å². The predicted molar refractivity (Wildman–Crippen MR) is 190 cm³/mol. The number of carbonyl (C=O) groups excluding carboxylic acids is 2. The Morgan fingerprint density at radius 3 is 1.77 bits per heavy atom.